The normalized spacial score (nSPS) is 17.0. The Kier molecular flexibility index (Phi) is 15.6. The third-order valence-corrected chi connectivity index (χ3v) is 10.8. The lowest BCUT2D eigenvalue weighted by Crippen LogP contribution is -2.48. The number of aliphatic hydroxyl groups is 1. The average molecular weight is 823 g/mol. The van der Waals surface area contributed by atoms with Crippen molar-refractivity contribution in [3.05, 3.63) is 71.0 Å². The zero-order valence-corrected chi connectivity index (χ0v) is 35.2. The Labute approximate surface area is 347 Å². The van der Waals surface area contributed by atoms with Crippen LogP contribution in [0.1, 0.15) is 27.7 Å². The average Bonchev–Trinajstić information content (AvgIpc) is 3.24. The van der Waals surface area contributed by atoms with Crippen LogP contribution in [-0.4, -0.2) is 151 Å². The molecule has 0 spiro atoms. The van der Waals surface area contributed by atoms with E-state index in [1.807, 2.05) is 42.6 Å². The van der Waals surface area contributed by atoms with E-state index in [0.717, 1.165) is 115 Å². The minimum absolute atomic E-state index is 0.181. The van der Waals surface area contributed by atoms with Crippen molar-refractivity contribution in [2.45, 2.75) is 33.7 Å². The number of nitrogens with one attached hydrogen (secondary N) is 1. The molecule has 0 aliphatic carbocycles. The highest BCUT2D eigenvalue weighted by Crippen LogP contribution is 2.34. The van der Waals surface area contributed by atoms with Crippen LogP contribution in [0.15, 0.2) is 60.9 Å². The first kappa shape index (κ1) is 42.4. The maximum Gasteiger partial charge on any atom is 0.227 e. The van der Waals surface area contributed by atoms with E-state index in [1.54, 1.807) is 18.3 Å². The molecule has 0 amide bonds. The smallest absolute Gasteiger partial charge is 0.227 e. The fourth-order valence-electron chi connectivity index (χ4n) is 6.92. The third kappa shape index (κ3) is 12.2. The van der Waals surface area contributed by atoms with Crippen molar-refractivity contribution in [2.24, 2.45) is 0 Å². The summed E-state index contributed by atoms with van der Waals surface area (Å²) in [4.78, 5) is 32.7. The van der Waals surface area contributed by atoms with Crippen LogP contribution < -0.4 is 29.5 Å². The molecule has 7 rings (SSSR count). The molecule has 0 unspecified atom stereocenters. The molecule has 0 radical (unpaired) electrons. The molecule has 2 aromatic heterocycles. The fourth-order valence-corrected chi connectivity index (χ4v) is 7.17. The summed E-state index contributed by atoms with van der Waals surface area (Å²) in [5.74, 6) is 5.76. The van der Waals surface area contributed by atoms with Crippen molar-refractivity contribution in [3.63, 3.8) is 0 Å². The largest absolute Gasteiger partial charge is 0.452 e. The van der Waals surface area contributed by atoms with E-state index in [2.05, 4.69) is 72.4 Å². The van der Waals surface area contributed by atoms with Crippen LogP contribution in [0.2, 0.25) is 10.0 Å². The van der Waals surface area contributed by atoms with Crippen LogP contribution >= 0.6 is 23.2 Å². The molecular formula is C41H57Cl2N11O3. The van der Waals surface area contributed by atoms with Crippen LogP contribution in [0.3, 0.4) is 0 Å². The monoisotopic (exact) mass is 821 g/mol. The summed E-state index contributed by atoms with van der Waals surface area (Å²) in [6.07, 6.45) is 3.53. The Morgan fingerprint density at radius 1 is 0.614 bits per heavy atom. The van der Waals surface area contributed by atoms with Crippen LogP contribution in [0.4, 0.5) is 23.5 Å². The first-order valence-corrected chi connectivity index (χ1v) is 20.9. The van der Waals surface area contributed by atoms with Gasteiger partial charge in [-0.15, -0.1) is 0 Å². The molecular weight excluding hydrogens is 765 g/mol. The van der Waals surface area contributed by atoms with Crippen LogP contribution in [0, 0.1) is 0 Å². The molecule has 2 N–H and O–H groups in total. The van der Waals surface area contributed by atoms with Crippen molar-refractivity contribution >= 4 is 46.7 Å². The number of β-amino-alcohol motifs (C(OH)–C–C–N with tert-alkyl or cyclic N) is 1. The van der Waals surface area contributed by atoms with Gasteiger partial charge in [0.05, 0.1) is 19.0 Å². The Morgan fingerprint density at radius 3 is 1.51 bits per heavy atom. The van der Waals surface area contributed by atoms with E-state index in [0.29, 0.717) is 39.8 Å². The first-order valence-electron chi connectivity index (χ1n) is 20.1. The Balaban J connectivity index is 0.000000194. The zero-order chi connectivity index (χ0) is 40.1. The molecule has 16 heteroatoms. The number of halogens is 2. The number of anilines is 4. The lowest BCUT2D eigenvalue weighted by Gasteiger charge is -2.37. The number of hydrogen-bond donors (Lipinski definition) is 2. The second kappa shape index (κ2) is 21.0. The van der Waals surface area contributed by atoms with Gasteiger partial charge in [-0.05, 0) is 75.5 Å². The molecule has 0 atom stereocenters. The van der Waals surface area contributed by atoms with Crippen LogP contribution in [0.25, 0.3) is 0 Å². The number of hydrogen-bond acceptors (Lipinski definition) is 14. The summed E-state index contributed by atoms with van der Waals surface area (Å²) < 4.78 is 12.2. The van der Waals surface area contributed by atoms with Crippen LogP contribution in [-0.2, 0) is 0 Å². The number of aliphatic hydroxyl groups excluding tert-OH is 1. The highest BCUT2D eigenvalue weighted by atomic mass is 35.5. The van der Waals surface area contributed by atoms with E-state index in [4.69, 9.17) is 47.8 Å². The van der Waals surface area contributed by atoms with E-state index >= 15 is 0 Å². The predicted octanol–water partition coefficient (Wildman–Crippen LogP) is 6.06. The summed E-state index contributed by atoms with van der Waals surface area (Å²) >= 11 is 12.0. The quantitative estimate of drug-likeness (QED) is 0.163. The number of benzene rings is 2. The summed E-state index contributed by atoms with van der Waals surface area (Å²) in [5.41, 5.74) is 0. The minimum Gasteiger partial charge on any atom is -0.452 e. The van der Waals surface area contributed by atoms with Crippen molar-refractivity contribution in [1.29, 1.82) is 0 Å². The van der Waals surface area contributed by atoms with Gasteiger partial charge in [-0.2, -0.15) is 9.97 Å². The maximum atomic E-state index is 9.14. The van der Waals surface area contributed by atoms with Gasteiger partial charge in [0.25, 0.3) is 0 Å². The standard InChI is InChI=1S/C22H31ClN6O.C19H26ClN5O2/c1-3-26-9-13-28(14-10-26)21-20(30-19-7-5-18(23)6-8-19)17-24-22(25-21)29-15-11-27(4-2)12-16-29;1-14(2)22-19-21-13-17(27-16-5-3-15(20)4-6-16)18(23-19)25-9-7-24(8-10-25)11-12-26/h5-8,17H,3-4,9-16H2,1-2H3;3-6,13-14,26H,7-12H2,1-2H3,(H,21,22,23). The zero-order valence-electron chi connectivity index (χ0n) is 33.7. The number of likely N-dealkylation sites (N-methyl/N-ethyl adjacent to an activating group) is 2. The highest BCUT2D eigenvalue weighted by molar-refractivity contribution is 6.30. The minimum atomic E-state index is 0.181. The Morgan fingerprint density at radius 2 is 1.05 bits per heavy atom. The van der Waals surface area contributed by atoms with Gasteiger partial charge < -0.3 is 44.4 Å². The second-order valence-electron chi connectivity index (χ2n) is 14.5. The van der Waals surface area contributed by atoms with Crippen molar-refractivity contribution in [3.8, 4) is 23.0 Å². The number of nitrogens with zero attached hydrogens (tertiary/aromatic N) is 10. The fraction of sp³-hybridized carbons (Fsp3) is 0.512. The number of aromatic nitrogens is 4. The molecule has 2 aromatic carbocycles. The molecule has 0 saturated carbocycles. The van der Waals surface area contributed by atoms with Gasteiger partial charge in [0.15, 0.2) is 23.1 Å². The molecule has 3 fully saturated rings. The molecule has 4 aromatic rings. The molecule has 308 valence electrons. The highest BCUT2D eigenvalue weighted by Gasteiger charge is 2.25. The van der Waals surface area contributed by atoms with Gasteiger partial charge in [0.1, 0.15) is 11.5 Å². The van der Waals surface area contributed by atoms with Gasteiger partial charge in [-0.3, -0.25) is 4.90 Å². The number of rotatable bonds is 13. The molecule has 3 aliphatic heterocycles. The van der Waals surface area contributed by atoms with Crippen LogP contribution in [0.5, 0.6) is 23.0 Å². The topological polar surface area (TPSA) is 122 Å². The molecule has 5 heterocycles. The number of piperazine rings is 3. The lowest BCUT2D eigenvalue weighted by molar-refractivity contribution is 0.188. The third-order valence-electron chi connectivity index (χ3n) is 10.3. The molecule has 57 heavy (non-hydrogen) atoms. The maximum absolute atomic E-state index is 9.14. The lowest BCUT2D eigenvalue weighted by atomic mass is 10.3. The SMILES string of the molecule is CC(C)Nc1ncc(Oc2ccc(Cl)cc2)c(N2CCN(CCO)CC2)n1.CCN1CCN(c2ncc(Oc3ccc(Cl)cc3)c(N3CCN(CC)CC3)n2)CC1. The van der Waals surface area contributed by atoms with Crippen molar-refractivity contribution in [2.75, 3.05) is 125 Å². The summed E-state index contributed by atoms with van der Waals surface area (Å²) in [5, 5.41) is 13.7. The molecule has 3 aliphatic rings. The van der Waals surface area contributed by atoms with E-state index in [9.17, 15) is 0 Å². The summed E-state index contributed by atoms with van der Waals surface area (Å²) in [6, 6.07) is 14.9. The van der Waals surface area contributed by atoms with Crippen molar-refractivity contribution in [1.82, 2.24) is 34.6 Å². The van der Waals surface area contributed by atoms with Gasteiger partial charge in [0, 0.05) is 101 Å². The van der Waals surface area contributed by atoms with Gasteiger partial charge in [-0.1, -0.05) is 37.0 Å². The predicted molar refractivity (Wildman–Crippen MR) is 230 cm³/mol. The second-order valence-corrected chi connectivity index (χ2v) is 15.4. The van der Waals surface area contributed by atoms with E-state index < -0.39 is 0 Å². The van der Waals surface area contributed by atoms with Gasteiger partial charge in [-0.25, -0.2) is 9.97 Å². The van der Waals surface area contributed by atoms with Gasteiger partial charge in [0.2, 0.25) is 11.9 Å². The molecule has 0 bridgehead atoms. The summed E-state index contributed by atoms with van der Waals surface area (Å²) in [6.45, 7) is 22.9. The molecule has 14 nitrogen and oxygen atoms in total. The Bertz CT molecular complexity index is 1820. The first-order chi connectivity index (χ1) is 27.7. The van der Waals surface area contributed by atoms with Crippen molar-refractivity contribution < 1.29 is 14.6 Å². The Hall–Kier alpha value is -4.18. The number of ether oxygens (including phenoxy) is 2. The molecule has 3 saturated heterocycles. The van der Waals surface area contributed by atoms with E-state index in [-0.39, 0.29) is 12.6 Å². The summed E-state index contributed by atoms with van der Waals surface area (Å²) in [7, 11) is 0. The van der Waals surface area contributed by atoms with E-state index in [1.165, 1.54) is 0 Å². The van der Waals surface area contributed by atoms with Gasteiger partial charge >= 0.3 is 0 Å².